The second-order valence-corrected chi connectivity index (χ2v) is 5.48. The Labute approximate surface area is 136 Å². The van der Waals surface area contributed by atoms with E-state index in [-0.39, 0.29) is 5.82 Å². The summed E-state index contributed by atoms with van der Waals surface area (Å²) in [4.78, 5) is 4.54. The molecule has 2 rings (SSSR count). The van der Waals surface area contributed by atoms with Gasteiger partial charge in [0.25, 0.3) is 0 Å². The Bertz CT molecular complexity index is 663. The van der Waals surface area contributed by atoms with Crippen LogP contribution in [-0.2, 0) is 20.0 Å². The topological polar surface area (TPSA) is 54.2 Å². The molecule has 0 radical (unpaired) electrons. The molecule has 0 fully saturated rings. The SMILES string of the molecule is CCNC(=NCc1ccc(F)c(C)c1)NCCc1cnn(C)c1. The van der Waals surface area contributed by atoms with Gasteiger partial charge in [-0.1, -0.05) is 12.1 Å². The number of rotatable bonds is 6. The van der Waals surface area contributed by atoms with Crippen LogP contribution in [0.2, 0.25) is 0 Å². The van der Waals surface area contributed by atoms with E-state index < -0.39 is 0 Å². The van der Waals surface area contributed by atoms with Crippen LogP contribution in [0.3, 0.4) is 0 Å². The predicted octanol–water partition coefficient (Wildman–Crippen LogP) is 2.17. The van der Waals surface area contributed by atoms with Gasteiger partial charge in [-0.2, -0.15) is 5.10 Å². The number of aliphatic imine (C=N–C) groups is 1. The summed E-state index contributed by atoms with van der Waals surface area (Å²) in [7, 11) is 1.91. The van der Waals surface area contributed by atoms with E-state index in [2.05, 4.69) is 20.7 Å². The lowest BCUT2D eigenvalue weighted by atomic mass is 10.1. The van der Waals surface area contributed by atoms with Gasteiger partial charge in [-0.3, -0.25) is 4.68 Å². The molecule has 2 N–H and O–H groups in total. The Balaban J connectivity index is 1.89. The van der Waals surface area contributed by atoms with Crippen molar-refractivity contribution >= 4 is 5.96 Å². The zero-order valence-electron chi connectivity index (χ0n) is 13.9. The van der Waals surface area contributed by atoms with Gasteiger partial charge in [0.1, 0.15) is 5.82 Å². The van der Waals surface area contributed by atoms with Crippen molar-refractivity contribution in [2.24, 2.45) is 12.0 Å². The van der Waals surface area contributed by atoms with E-state index in [0.29, 0.717) is 12.1 Å². The molecular weight excluding hydrogens is 293 g/mol. The molecule has 1 aromatic heterocycles. The molecule has 0 aliphatic heterocycles. The highest BCUT2D eigenvalue weighted by molar-refractivity contribution is 5.79. The van der Waals surface area contributed by atoms with E-state index in [1.807, 2.05) is 32.4 Å². The number of benzene rings is 1. The fourth-order valence-electron chi connectivity index (χ4n) is 2.24. The van der Waals surface area contributed by atoms with Crippen molar-refractivity contribution in [3.63, 3.8) is 0 Å². The fraction of sp³-hybridized carbons (Fsp3) is 0.412. The van der Waals surface area contributed by atoms with Crippen LogP contribution in [-0.4, -0.2) is 28.8 Å². The summed E-state index contributed by atoms with van der Waals surface area (Å²) in [5, 5.41) is 10.7. The fourth-order valence-corrected chi connectivity index (χ4v) is 2.24. The number of aromatic nitrogens is 2. The molecule has 0 aliphatic rings. The van der Waals surface area contributed by atoms with Gasteiger partial charge in [0, 0.05) is 26.3 Å². The summed E-state index contributed by atoms with van der Waals surface area (Å²) in [6, 6.07) is 5.09. The molecule has 0 aliphatic carbocycles. The first-order valence-electron chi connectivity index (χ1n) is 7.83. The molecule has 124 valence electrons. The summed E-state index contributed by atoms with van der Waals surface area (Å²) >= 11 is 0. The van der Waals surface area contributed by atoms with Gasteiger partial charge in [-0.05, 0) is 43.0 Å². The molecule has 23 heavy (non-hydrogen) atoms. The molecule has 6 heteroatoms. The minimum absolute atomic E-state index is 0.181. The average molecular weight is 317 g/mol. The third-order valence-corrected chi connectivity index (χ3v) is 3.45. The molecule has 0 saturated heterocycles. The van der Waals surface area contributed by atoms with Crippen molar-refractivity contribution in [2.75, 3.05) is 13.1 Å². The van der Waals surface area contributed by atoms with Crippen molar-refractivity contribution in [3.05, 3.63) is 53.1 Å². The van der Waals surface area contributed by atoms with Gasteiger partial charge < -0.3 is 10.6 Å². The third kappa shape index (κ3) is 5.39. The Morgan fingerprint density at radius 1 is 1.30 bits per heavy atom. The molecular formula is C17H24FN5. The minimum atomic E-state index is -0.181. The molecule has 1 heterocycles. The van der Waals surface area contributed by atoms with Crippen LogP contribution in [0.5, 0.6) is 0 Å². The maximum Gasteiger partial charge on any atom is 0.191 e. The molecule has 2 aromatic rings. The first-order chi connectivity index (χ1) is 11.1. The van der Waals surface area contributed by atoms with E-state index in [1.54, 1.807) is 17.7 Å². The predicted molar refractivity (Wildman–Crippen MR) is 90.9 cm³/mol. The molecule has 0 saturated carbocycles. The lowest BCUT2D eigenvalue weighted by molar-refractivity contribution is 0.617. The highest BCUT2D eigenvalue weighted by Crippen LogP contribution is 2.10. The van der Waals surface area contributed by atoms with Gasteiger partial charge in [0.15, 0.2) is 5.96 Å². The Morgan fingerprint density at radius 2 is 2.13 bits per heavy atom. The summed E-state index contributed by atoms with van der Waals surface area (Å²) in [5.74, 6) is 0.581. The quantitative estimate of drug-likeness (QED) is 0.634. The van der Waals surface area contributed by atoms with Crippen LogP contribution < -0.4 is 10.6 Å². The normalized spacial score (nSPS) is 11.6. The second kappa shape index (κ2) is 8.31. The maximum absolute atomic E-state index is 13.3. The zero-order chi connectivity index (χ0) is 16.7. The highest BCUT2D eigenvalue weighted by Gasteiger charge is 2.01. The first-order valence-corrected chi connectivity index (χ1v) is 7.83. The van der Waals surface area contributed by atoms with Crippen LogP contribution in [0, 0.1) is 12.7 Å². The number of aryl methyl sites for hydroxylation is 2. The van der Waals surface area contributed by atoms with Crippen LogP contribution in [0.15, 0.2) is 35.6 Å². The standard InChI is InChI=1S/C17H24FN5/c1-4-19-17(20-8-7-15-11-22-23(3)12-15)21-10-14-5-6-16(18)13(2)9-14/h5-6,9,11-12H,4,7-8,10H2,1-3H3,(H2,19,20,21). The monoisotopic (exact) mass is 317 g/mol. The Kier molecular flexibility index (Phi) is 6.14. The lowest BCUT2D eigenvalue weighted by Crippen LogP contribution is -2.38. The van der Waals surface area contributed by atoms with Gasteiger partial charge in [-0.25, -0.2) is 9.38 Å². The van der Waals surface area contributed by atoms with E-state index >= 15 is 0 Å². The van der Waals surface area contributed by atoms with E-state index in [0.717, 1.165) is 31.0 Å². The van der Waals surface area contributed by atoms with Crippen LogP contribution in [0.25, 0.3) is 0 Å². The summed E-state index contributed by atoms with van der Waals surface area (Å²) in [6.07, 6.45) is 4.76. The van der Waals surface area contributed by atoms with Gasteiger partial charge >= 0.3 is 0 Å². The van der Waals surface area contributed by atoms with Crippen molar-refractivity contribution in [2.45, 2.75) is 26.8 Å². The highest BCUT2D eigenvalue weighted by atomic mass is 19.1. The largest absolute Gasteiger partial charge is 0.357 e. The van der Waals surface area contributed by atoms with Gasteiger partial charge in [0.05, 0.1) is 12.7 Å². The van der Waals surface area contributed by atoms with Crippen molar-refractivity contribution in [1.29, 1.82) is 0 Å². The van der Waals surface area contributed by atoms with E-state index in [9.17, 15) is 4.39 Å². The van der Waals surface area contributed by atoms with Crippen LogP contribution >= 0.6 is 0 Å². The average Bonchev–Trinajstić information content (AvgIpc) is 2.93. The second-order valence-electron chi connectivity index (χ2n) is 5.48. The summed E-state index contributed by atoms with van der Waals surface area (Å²) in [6.45, 7) is 5.88. The molecule has 5 nitrogen and oxygen atoms in total. The van der Waals surface area contributed by atoms with Gasteiger partial charge in [0.2, 0.25) is 0 Å². The van der Waals surface area contributed by atoms with Crippen molar-refractivity contribution in [1.82, 2.24) is 20.4 Å². The first kappa shape index (κ1) is 17.0. The number of hydrogen-bond acceptors (Lipinski definition) is 2. The molecule has 0 unspecified atom stereocenters. The number of nitrogens with one attached hydrogen (secondary N) is 2. The molecule has 0 bridgehead atoms. The molecule has 0 atom stereocenters. The van der Waals surface area contributed by atoms with Crippen molar-refractivity contribution in [3.8, 4) is 0 Å². The van der Waals surface area contributed by atoms with Crippen molar-refractivity contribution < 1.29 is 4.39 Å². The third-order valence-electron chi connectivity index (χ3n) is 3.45. The van der Waals surface area contributed by atoms with E-state index in [1.165, 1.54) is 11.6 Å². The minimum Gasteiger partial charge on any atom is -0.357 e. The molecule has 1 aromatic carbocycles. The summed E-state index contributed by atoms with van der Waals surface area (Å²) < 4.78 is 15.1. The number of hydrogen-bond donors (Lipinski definition) is 2. The van der Waals surface area contributed by atoms with Gasteiger partial charge in [-0.15, -0.1) is 0 Å². The van der Waals surface area contributed by atoms with E-state index in [4.69, 9.17) is 0 Å². The maximum atomic E-state index is 13.3. The number of guanidine groups is 1. The lowest BCUT2D eigenvalue weighted by Gasteiger charge is -2.11. The smallest absolute Gasteiger partial charge is 0.191 e. The number of halogens is 1. The van der Waals surface area contributed by atoms with Crippen LogP contribution in [0.1, 0.15) is 23.6 Å². The zero-order valence-corrected chi connectivity index (χ0v) is 13.9. The van der Waals surface area contributed by atoms with Crippen LogP contribution in [0.4, 0.5) is 4.39 Å². The summed E-state index contributed by atoms with van der Waals surface area (Å²) in [5.41, 5.74) is 2.82. The Morgan fingerprint density at radius 3 is 2.78 bits per heavy atom. The number of nitrogens with zero attached hydrogens (tertiary/aromatic N) is 3. The Hall–Kier alpha value is -2.37. The molecule has 0 amide bonds. The molecule has 0 spiro atoms.